The summed E-state index contributed by atoms with van der Waals surface area (Å²) in [5.74, 6) is 0.323. The fourth-order valence-electron chi connectivity index (χ4n) is 1.86. The molecule has 1 aromatic heterocycles. The van der Waals surface area contributed by atoms with Gasteiger partial charge in [-0.3, -0.25) is 4.79 Å². The average Bonchev–Trinajstić information content (AvgIpc) is 2.41. The molecule has 0 aromatic carbocycles. The van der Waals surface area contributed by atoms with E-state index in [1.54, 1.807) is 0 Å². The van der Waals surface area contributed by atoms with E-state index in [0.29, 0.717) is 23.0 Å². The first-order valence-electron chi connectivity index (χ1n) is 6.67. The van der Waals surface area contributed by atoms with E-state index < -0.39 is 0 Å². The van der Waals surface area contributed by atoms with Crippen molar-refractivity contribution < 1.29 is 4.79 Å². The van der Waals surface area contributed by atoms with E-state index in [4.69, 9.17) is 23.2 Å². The van der Waals surface area contributed by atoms with Gasteiger partial charge in [-0.15, -0.1) is 0 Å². The van der Waals surface area contributed by atoms with Crippen LogP contribution in [0, 0.1) is 5.92 Å². The van der Waals surface area contributed by atoms with Crippen molar-refractivity contribution in [2.45, 2.75) is 39.5 Å². The maximum atomic E-state index is 12.0. The Hall–Kier alpha value is -0.800. The second kappa shape index (κ2) is 8.39. The minimum absolute atomic E-state index is 0.191. The Morgan fingerprint density at radius 3 is 2.79 bits per heavy atom. The van der Waals surface area contributed by atoms with Crippen LogP contribution in [0.2, 0.25) is 10.2 Å². The van der Waals surface area contributed by atoms with Gasteiger partial charge in [0.1, 0.15) is 5.15 Å². The van der Waals surface area contributed by atoms with Crippen LogP contribution in [0.15, 0.2) is 12.3 Å². The topological polar surface area (TPSA) is 42.0 Å². The SMILES string of the molecule is CCCCC(CC)CNC(=O)c1cc(Cl)ncc1Cl. The van der Waals surface area contributed by atoms with Crippen molar-refractivity contribution in [3.8, 4) is 0 Å². The number of carbonyl (C=O) groups excluding carboxylic acids is 1. The standard InChI is InChI=1S/C14H20Cl2N2O/c1-3-5-6-10(4-2)8-18-14(19)11-7-13(16)17-9-12(11)15/h7,9-10H,3-6,8H2,1-2H3,(H,18,19). The molecule has 1 N–H and O–H groups in total. The van der Waals surface area contributed by atoms with Crippen molar-refractivity contribution in [3.63, 3.8) is 0 Å². The van der Waals surface area contributed by atoms with Crippen LogP contribution in [-0.2, 0) is 0 Å². The van der Waals surface area contributed by atoms with E-state index in [1.807, 2.05) is 0 Å². The Morgan fingerprint density at radius 2 is 2.16 bits per heavy atom. The number of hydrogen-bond donors (Lipinski definition) is 1. The molecule has 1 atom stereocenters. The zero-order valence-electron chi connectivity index (χ0n) is 11.4. The minimum Gasteiger partial charge on any atom is -0.352 e. The first-order chi connectivity index (χ1) is 9.08. The fraction of sp³-hybridized carbons (Fsp3) is 0.571. The van der Waals surface area contributed by atoms with Crippen molar-refractivity contribution in [1.29, 1.82) is 0 Å². The van der Waals surface area contributed by atoms with E-state index in [2.05, 4.69) is 24.1 Å². The molecule has 106 valence electrons. The molecular formula is C14H20Cl2N2O. The molecule has 3 nitrogen and oxygen atoms in total. The number of hydrogen-bond acceptors (Lipinski definition) is 2. The molecule has 0 radical (unpaired) electrons. The number of nitrogens with one attached hydrogen (secondary N) is 1. The summed E-state index contributed by atoms with van der Waals surface area (Å²) in [7, 11) is 0. The third kappa shape index (κ3) is 5.37. The van der Waals surface area contributed by atoms with Crippen LogP contribution in [0.5, 0.6) is 0 Å². The normalized spacial score (nSPS) is 12.2. The van der Waals surface area contributed by atoms with Crippen LogP contribution >= 0.6 is 23.2 Å². The zero-order valence-corrected chi connectivity index (χ0v) is 12.9. The molecule has 0 spiro atoms. The lowest BCUT2D eigenvalue weighted by molar-refractivity contribution is 0.0946. The summed E-state index contributed by atoms with van der Waals surface area (Å²) in [6.07, 6.45) is 5.96. The van der Waals surface area contributed by atoms with Crippen molar-refractivity contribution in [2.75, 3.05) is 6.54 Å². The summed E-state index contributed by atoms with van der Waals surface area (Å²) < 4.78 is 0. The van der Waals surface area contributed by atoms with Gasteiger partial charge in [-0.1, -0.05) is 56.3 Å². The Labute approximate surface area is 124 Å². The van der Waals surface area contributed by atoms with Gasteiger partial charge in [-0.05, 0) is 18.4 Å². The third-order valence-electron chi connectivity index (χ3n) is 3.16. The highest BCUT2D eigenvalue weighted by Crippen LogP contribution is 2.18. The molecule has 0 bridgehead atoms. The first kappa shape index (κ1) is 16.3. The third-order valence-corrected chi connectivity index (χ3v) is 3.67. The van der Waals surface area contributed by atoms with Crippen molar-refractivity contribution in [1.82, 2.24) is 10.3 Å². The number of unbranched alkanes of at least 4 members (excludes halogenated alkanes) is 1. The molecule has 1 rings (SSSR count). The Morgan fingerprint density at radius 1 is 1.42 bits per heavy atom. The monoisotopic (exact) mass is 302 g/mol. The van der Waals surface area contributed by atoms with Crippen LogP contribution in [0.1, 0.15) is 49.9 Å². The van der Waals surface area contributed by atoms with E-state index in [0.717, 1.165) is 12.8 Å². The maximum absolute atomic E-state index is 12.0. The molecule has 0 aliphatic carbocycles. The Balaban J connectivity index is 2.56. The molecule has 0 saturated heterocycles. The van der Waals surface area contributed by atoms with E-state index in [-0.39, 0.29) is 11.1 Å². The van der Waals surface area contributed by atoms with Gasteiger partial charge in [0.15, 0.2) is 0 Å². The summed E-state index contributed by atoms with van der Waals surface area (Å²) in [6.45, 7) is 4.98. The van der Waals surface area contributed by atoms with Gasteiger partial charge >= 0.3 is 0 Å². The number of rotatable bonds is 7. The maximum Gasteiger partial charge on any atom is 0.252 e. The number of pyridine rings is 1. The summed E-state index contributed by atoms with van der Waals surface area (Å²) in [4.78, 5) is 15.9. The highest BCUT2D eigenvalue weighted by Gasteiger charge is 2.13. The summed E-state index contributed by atoms with van der Waals surface area (Å²) in [6, 6.07) is 1.49. The molecule has 1 unspecified atom stereocenters. The molecule has 0 fully saturated rings. The number of carbonyl (C=O) groups is 1. The predicted molar refractivity (Wildman–Crippen MR) is 79.9 cm³/mol. The quantitative estimate of drug-likeness (QED) is 0.762. The number of amides is 1. The van der Waals surface area contributed by atoms with Crippen LogP contribution < -0.4 is 5.32 Å². The molecule has 0 aliphatic heterocycles. The highest BCUT2D eigenvalue weighted by atomic mass is 35.5. The van der Waals surface area contributed by atoms with Crippen molar-refractivity contribution >= 4 is 29.1 Å². The second-order valence-electron chi connectivity index (χ2n) is 4.61. The van der Waals surface area contributed by atoms with E-state index in [9.17, 15) is 4.79 Å². The Bertz CT molecular complexity index is 424. The van der Waals surface area contributed by atoms with E-state index in [1.165, 1.54) is 25.1 Å². The number of aromatic nitrogens is 1. The molecule has 0 aliphatic rings. The van der Waals surface area contributed by atoms with Gasteiger partial charge in [-0.2, -0.15) is 0 Å². The van der Waals surface area contributed by atoms with Gasteiger partial charge in [-0.25, -0.2) is 4.98 Å². The minimum atomic E-state index is -0.191. The molecule has 1 amide bonds. The average molecular weight is 303 g/mol. The molecule has 1 aromatic rings. The summed E-state index contributed by atoms with van der Waals surface area (Å²) in [5.41, 5.74) is 0.381. The van der Waals surface area contributed by atoms with Gasteiger partial charge in [0.05, 0.1) is 10.6 Å². The fourth-order valence-corrected chi connectivity index (χ4v) is 2.21. The molecule has 19 heavy (non-hydrogen) atoms. The van der Waals surface area contributed by atoms with Crippen molar-refractivity contribution in [3.05, 3.63) is 28.0 Å². The lowest BCUT2D eigenvalue weighted by Crippen LogP contribution is -2.29. The van der Waals surface area contributed by atoms with Gasteiger partial charge in [0.25, 0.3) is 5.91 Å². The molecular weight excluding hydrogens is 283 g/mol. The molecule has 1 heterocycles. The van der Waals surface area contributed by atoms with Crippen LogP contribution in [0.3, 0.4) is 0 Å². The van der Waals surface area contributed by atoms with Gasteiger partial charge in [0.2, 0.25) is 0 Å². The summed E-state index contributed by atoms with van der Waals surface area (Å²) >= 11 is 11.7. The van der Waals surface area contributed by atoms with Crippen LogP contribution in [0.4, 0.5) is 0 Å². The van der Waals surface area contributed by atoms with Crippen LogP contribution in [-0.4, -0.2) is 17.4 Å². The second-order valence-corrected chi connectivity index (χ2v) is 5.41. The first-order valence-corrected chi connectivity index (χ1v) is 7.43. The number of nitrogens with zero attached hydrogens (tertiary/aromatic N) is 1. The lowest BCUT2D eigenvalue weighted by atomic mass is 9.99. The Kier molecular flexibility index (Phi) is 7.17. The zero-order chi connectivity index (χ0) is 14.3. The van der Waals surface area contributed by atoms with Crippen LogP contribution in [0.25, 0.3) is 0 Å². The van der Waals surface area contributed by atoms with Crippen molar-refractivity contribution in [2.24, 2.45) is 5.92 Å². The predicted octanol–water partition coefficient (Wildman–Crippen LogP) is 4.33. The molecule has 0 saturated carbocycles. The van der Waals surface area contributed by atoms with Gasteiger partial charge in [0, 0.05) is 12.7 Å². The highest BCUT2D eigenvalue weighted by molar-refractivity contribution is 6.35. The smallest absolute Gasteiger partial charge is 0.252 e. The van der Waals surface area contributed by atoms with Gasteiger partial charge < -0.3 is 5.32 Å². The lowest BCUT2D eigenvalue weighted by Gasteiger charge is -2.15. The summed E-state index contributed by atoms with van der Waals surface area (Å²) in [5, 5.41) is 3.51. The largest absolute Gasteiger partial charge is 0.352 e. The van der Waals surface area contributed by atoms with E-state index >= 15 is 0 Å². The molecule has 5 heteroatoms. The number of halogens is 2.